The zero-order chi connectivity index (χ0) is 14.0. The van der Waals surface area contributed by atoms with Crippen LogP contribution in [0.2, 0.25) is 0 Å². The number of phenols is 2. The molecule has 2 rings (SSSR count). The summed E-state index contributed by atoms with van der Waals surface area (Å²) in [4.78, 5) is 2.31. The van der Waals surface area contributed by atoms with E-state index in [0.29, 0.717) is 24.1 Å². The molecular formula is C15H24N2O2. The maximum Gasteiger partial charge on any atom is 0.124 e. The molecule has 19 heavy (non-hydrogen) atoms. The van der Waals surface area contributed by atoms with Crippen LogP contribution in [-0.2, 0) is 0 Å². The highest BCUT2D eigenvalue weighted by Crippen LogP contribution is 2.38. The molecule has 4 heteroatoms. The minimum atomic E-state index is -0.0301. The van der Waals surface area contributed by atoms with Gasteiger partial charge in [0.2, 0.25) is 0 Å². The van der Waals surface area contributed by atoms with Crippen LogP contribution in [-0.4, -0.2) is 34.2 Å². The molecule has 0 spiro atoms. The predicted octanol–water partition coefficient (Wildman–Crippen LogP) is 2.22. The van der Waals surface area contributed by atoms with Crippen molar-refractivity contribution in [1.29, 1.82) is 0 Å². The Morgan fingerprint density at radius 1 is 1.37 bits per heavy atom. The number of hydrogen-bond donors (Lipinski definition) is 3. The van der Waals surface area contributed by atoms with E-state index in [9.17, 15) is 10.2 Å². The second-order valence-corrected chi connectivity index (χ2v) is 5.55. The maximum atomic E-state index is 10.00. The largest absolute Gasteiger partial charge is 0.507 e. The molecule has 1 aliphatic heterocycles. The minimum Gasteiger partial charge on any atom is -0.507 e. The van der Waals surface area contributed by atoms with Gasteiger partial charge in [0.1, 0.15) is 11.5 Å². The SMILES string of the molecule is CC1CCCN(C(C)c2c(O)cccc2O)C1CN. The Bertz CT molecular complexity index is 416. The number of piperidine rings is 1. The van der Waals surface area contributed by atoms with Gasteiger partial charge in [-0.1, -0.05) is 13.0 Å². The summed E-state index contributed by atoms with van der Waals surface area (Å²) in [6.45, 7) is 5.82. The van der Waals surface area contributed by atoms with Crippen LogP contribution >= 0.6 is 0 Å². The molecule has 0 saturated carbocycles. The number of hydrogen-bond acceptors (Lipinski definition) is 4. The summed E-state index contributed by atoms with van der Waals surface area (Å²) in [6, 6.07) is 5.17. The van der Waals surface area contributed by atoms with Crippen molar-refractivity contribution < 1.29 is 10.2 Å². The van der Waals surface area contributed by atoms with Gasteiger partial charge in [0.05, 0.1) is 5.56 Å². The van der Waals surface area contributed by atoms with Gasteiger partial charge in [-0.15, -0.1) is 0 Å². The fraction of sp³-hybridized carbons (Fsp3) is 0.600. The van der Waals surface area contributed by atoms with Gasteiger partial charge < -0.3 is 15.9 Å². The number of nitrogens with two attached hydrogens (primary N) is 1. The minimum absolute atomic E-state index is 0.0301. The fourth-order valence-corrected chi connectivity index (χ4v) is 3.26. The summed E-state index contributed by atoms with van der Waals surface area (Å²) in [5, 5.41) is 20.0. The molecule has 0 aromatic heterocycles. The van der Waals surface area contributed by atoms with Crippen molar-refractivity contribution in [2.75, 3.05) is 13.1 Å². The third-order valence-corrected chi connectivity index (χ3v) is 4.38. The van der Waals surface area contributed by atoms with Gasteiger partial charge in [0.25, 0.3) is 0 Å². The van der Waals surface area contributed by atoms with Crippen LogP contribution in [0.4, 0.5) is 0 Å². The lowest BCUT2D eigenvalue weighted by Gasteiger charge is -2.43. The Hall–Kier alpha value is -1.26. The van der Waals surface area contributed by atoms with Crippen LogP contribution in [0.25, 0.3) is 0 Å². The summed E-state index contributed by atoms with van der Waals surface area (Å²) in [5.74, 6) is 0.859. The highest BCUT2D eigenvalue weighted by atomic mass is 16.3. The van der Waals surface area contributed by atoms with E-state index in [1.54, 1.807) is 18.2 Å². The number of aromatic hydroxyl groups is 2. The third kappa shape index (κ3) is 2.69. The fourth-order valence-electron chi connectivity index (χ4n) is 3.26. The van der Waals surface area contributed by atoms with E-state index >= 15 is 0 Å². The Labute approximate surface area is 114 Å². The molecule has 0 amide bonds. The van der Waals surface area contributed by atoms with Gasteiger partial charge in [-0.3, -0.25) is 4.90 Å². The standard InChI is InChI=1S/C15H24N2O2/c1-10-5-4-8-17(12(10)9-16)11(2)15-13(18)6-3-7-14(15)19/h3,6-7,10-12,18-19H,4-5,8-9,16H2,1-2H3. The van der Waals surface area contributed by atoms with Crippen molar-refractivity contribution >= 4 is 0 Å². The van der Waals surface area contributed by atoms with Crippen molar-refractivity contribution in [2.45, 2.75) is 38.8 Å². The number of rotatable bonds is 3. The van der Waals surface area contributed by atoms with Crippen LogP contribution in [0.5, 0.6) is 11.5 Å². The Balaban J connectivity index is 2.29. The maximum absolute atomic E-state index is 10.00. The average molecular weight is 264 g/mol. The lowest BCUT2D eigenvalue weighted by Crippen LogP contribution is -2.49. The first-order chi connectivity index (χ1) is 9.06. The van der Waals surface area contributed by atoms with Crippen LogP contribution < -0.4 is 5.73 Å². The number of phenolic OH excluding ortho intramolecular Hbond substituents is 2. The number of nitrogens with zero attached hydrogens (tertiary/aromatic N) is 1. The van der Waals surface area contributed by atoms with Crippen LogP contribution in [0.3, 0.4) is 0 Å². The van der Waals surface area contributed by atoms with Crippen LogP contribution in [0.1, 0.15) is 38.3 Å². The normalized spacial score (nSPS) is 26.3. The summed E-state index contributed by atoms with van der Waals surface area (Å²) < 4.78 is 0. The van der Waals surface area contributed by atoms with Crippen molar-refractivity contribution in [3.8, 4) is 11.5 Å². The molecule has 1 saturated heterocycles. The molecule has 4 N–H and O–H groups in total. The molecule has 0 bridgehead atoms. The lowest BCUT2D eigenvalue weighted by molar-refractivity contribution is 0.0669. The van der Waals surface area contributed by atoms with Gasteiger partial charge in [-0.2, -0.15) is 0 Å². The van der Waals surface area contributed by atoms with E-state index in [2.05, 4.69) is 11.8 Å². The molecule has 1 heterocycles. The quantitative estimate of drug-likeness (QED) is 0.783. The second kappa shape index (κ2) is 5.80. The van der Waals surface area contributed by atoms with E-state index < -0.39 is 0 Å². The van der Waals surface area contributed by atoms with E-state index in [1.165, 1.54) is 6.42 Å². The lowest BCUT2D eigenvalue weighted by atomic mass is 9.88. The summed E-state index contributed by atoms with van der Waals surface area (Å²) in [5.41, 5.74) is 6.52. The smallest absolute Gasteiger partial charge is 0.124 e. The molecule has 4 nitrogen and oxygen atoms in total. The van der Waals surface area contributed by atoms with Crippen LogP contribution in [0, 0.1) is 5.92 Å². The Kier molecular flexibility index (Phi) is 4.32. The molecule has 106 valence electrons. The molecular weight excluding hydrogens is 240 g/mol. The van der Waals surface area contributed by atoms with Crippen molar-refractivity contribution in [3.05, 3.63) is 23.8 Å². The first kappa shape index (κ1) is 14.2. The van der Waals surface area contributed by atoms with Crippen LogP contribution in [0.15, 0.2) is 18.2 Å². The molecule has 1 fully saturated rings. The first-order valence-electron chi connectivity index (χ1n) is 7.03. The molecule has 0 radical (unpaired) electrons. The van der Waals surface area contributed by atoms with Gasteiger partial charge >= 0.3 is 0 Å². The second-order valence-electron chi connectivity index (χ2n) is 5.55. The molecule has 3 unspecified atom stereocenters. The topological polar surface area (TPSA) is 69.7 Å². The van der Waals surface area contributed by atoms with Gasteiger partial charge in [-0.05, 0) is 44.4 Å². The van der Waals surface area contributed by atoms with E-state index in [4.69, 9.17) is 5.73 Å². The summed E-state index contributed by atoms with van der Waals surface area (Å²) in [7, 11) is 0. The monoisotopic (exact) mass is 264 g/mol. The Morgan fingerprint density at radius 3 is 2.58 bits per heavy atom. The molecule has 1 aromatic rings. The van der Waals surface area contributed by atoms with Crippen molar-refractivity contribution in [3.63, 3.8) is 0 Å². The van der Waals surface area contributed by atoms with Gasteiger partial charge in [0.15, 0.2) is 0 Å². The van der Waals surface area contributed by atoms with Crippen molar-refractivity contribution in [1.82, 2.24) is 4.90 Å². The third-order valence-electron chi connectivity index (χ3n) is 4.38. The predicted molar refractivity (Wildman–Crippen MR) is 76.1 cm³/mol. The average Bonchev–Trinajstić information content (AvgIpc) is 2.38. The first-order valence-corrected chi connectivity index (χ1v) is 7.03. The summed E-state index contributed by atoms with van der Waals surface area (Å²) >= 11 is 0. The highest BCUT2D eigenvalue weighted by molar-refractivity contribution is 5.45. The molecule has 0 aliphatic carbocycles. The molecule has 3 atom stereocenters. The van der Waals surface area contributed by atoms with Gasteiger partial charge in [0, 0.05) is 18.6 Å². The molecule has 1 aliphatic rings. The molecule has 1 aromatic carbocycles. The van der Waals surface area contributed by atoms with E-state index in [-0.39, 0.29) is 17.5 Å². The van der Waals surface area contributed by atoms with E-state index in [0.717, 1.165) is 13.0 Å². The number of likely N-dealkylation sites (tertiary alicyclic amines) is 1. The van der Waals surface area contributed by atoms with E-state index in [1.807, 2.05) is 6.92 Å². The highest BCUT2D eigenvalue weighted by Gasteiger charge is 2.32. The number of benzene rings is 1. The summed E-state index contributed by atoms with van der Waals surface area (Å²) in [6.07, 6.45) is 2.33. The Morgan fingerprint density at radius 2 is 2.00 bits per heavy atom. The van der Waals surface area contributed by atoms with Crippen molar-refractivity contribution in [2.24, 2.45) is 11.7 Å². The zero-order valence-corrected chi connectivity index (χ0v) is 11.7. The van der Waals surface area contributed by atoms with Gasteiger partial charge in [-0.25, -0.2) is 0 Å². The zero-order valence-electron chi connectivity index (χ0n) is 11.7.